The molecule has 8 heteroatoms. The van der Waals surface area contributed by atoms with Crippen LogP contribution in [0.25, 0.3) is 22.2 Å². The van der Waals surface area contributed by atoms with Gasteiger partial charge in [0.15, 0.2) is 0 Å². The molecule has 0 unspecified atom stereocenters. The third-order valence-electron chi connectivity index (χ3n) is 4.27. The number of hydrogen-bond acceptors (Lipinski definition) is 5. The fraction of sp³-hybridized carbons (Fsp3) is 0.0476. The van der Waals surface area contributed by atoms with E-state index in [2.05, 4.69) is 25.8 Å². The molecule has 0 bridgehead atoms. The van der Waals surface area contributed by atoms with Crippen molar-refractivity contribution < 1.29 is 9.59 Å². The van der Waals surface area contributed by atoms with Crippen LogP contribution in [0.1, 0.15) is 16.1 Å². The molecule has 0 atom stereocenters. The number of hydrogen-bond donors (Lipinski definition) is 3. The highest BCUT2D eigenvalue weighted by molar-refractivity contribution is 7.07. The van der Waals surface area contributed by atoms with Crippen LogP contribution in [0.2, 0.25) is 0 Å². The van der Waals surface area contributed by atoms with E-state index in [1.165, 1.54) is 11.3 Å². The van der Waals surface area contributed by atoms with E-state index in [9.17, 15) is 9.59 Å². The average molecular weight is 403 g/mol. The summed E-state index contributed by atoms with van der Waals surface area (Å²) in [6.07, 6.45) is 1.61. The molecule has 2 heterocycles. The van der Waals surface area contributed by atoms with E-state index in [0.29, 0.717) is 0 Å². The third-order valence-corrected chi connectivity index (χ3v) is 4.85. The van der Waals surface area contributed by atoms with Gasteiger partial charge in [-0.25, -0.2) is 10.4 Å². The zero-order valence-corrected chi connectivity index (χ0v) is 16.1. The Morgan fingerprint density at radius 2 is 1.90 bits per heavy atom. The van der Waals surface area contributed by atoms with Crippen LogP contribution in [0.3, 0.4) is 0 Å². The zero-order chi connectivity index (χ0) is 20.1. The van der Waals surface area contributed by atoms with Gasteiger partial charge >= 0.3 is 0 Å². The summed E-state index contributed by atoms with van der Waals surface area (Å²) < 4.78 is 0. The van der Waals surface area contributed by atoms with Crippen molar-refractivity contribution in [1.82, 2.24) is 20.7 Å². The number of aromatic amines is 1. The number of benzene rings is 2. The first-order valence-corrected chi connectivity index (χ1v) is 9.81. The highest BCUT2D eigenvalue weighted by Gasteiger charge is 2.12. The maximum atomic E-state index is 12.0. The Morgan fingerprint density at radius 1 is 1.10 bits per heavy atom. The first-order chi connectivity index (χ1) is 14.2. The Balaban J connectivity index is 1.48. The van der Waals surface area contributed by atoms with Crippen LogP contribution in [0.15, 0.2) is 70.6 Å². The number of rotatable bonds is 6. The van der Waals surface area contributed by atoms with E-state index < -0.39 is 11.8 Å². The molecule has 144 valence electrons. The highest BCUT2D eigenvalue weighted by atomic mass is 32.1. The second-order valence-electron chi connectivity index (χ2n) is 6.17. The molecule has 0 saturated heterocycles. The van der Waals surface area contributed by atoms with Gasteiger partial charge in [-0.05, 0) is 11.6 Å². The van der Waals surface area contributed by atoms with Crippen LogP contribution < -0.4 is 10.7 Å². The lowest BCUT2D eigenvalue weighted by molar-refractivity contribution is -0.120. The SMILES string of the molecule is O=C(CNC(=O)c1cscn1)N/N=C/c1c(-c2ccccc2)[nH]c2ccccc12. The van der Waals surface area contributed by atoms with Crippen LogP contribution >= 0.6 is 11.3 Å². The minimum Gasteiger partial charge on any atom is -0.354 e. The number of H-pyrrole nitrogens is 1. The first-order valence-electron chi connectivity index (χ1n) is 8.87. The van der Waals surface area contributed by atoms with Gasteiger partial charge in [0.1, 0.15) is 5.69 Å². The molecule has 0 spiro atoms. The summed E-state index contributed by atoms with van der Waals surface area (Å²) >= 11 is 1.32. The Labute approximate surface area is 170 Å². The van der Waals surface area contributed by atoms with Crippen molar-refractivity contribution in [2.24, 2.45) is 5.10 Å². The molecule has 4 rings (SSSR count). The van der Waals surface area contributed by atoms with Crippen molar-refractivity contribution in [1.29, 1.82) is 0 Å². The quantitative estimate of drug-likeness (QED) is 0.341. The van der Waals surface area contributed by atoms with Gasteiger partial charge in [0.2, 0.25) is 0 Å². The highest BCUT2D eigenvalue weighted by Crippen LogP contribution is 2.28. The maximum absolute atomic E-state index is 12.0. The van der Waals surface area contributed by atoms with Crippen LogP contribution in [0.4, 0.5) is 0 Å². The molecule has 2 aromatic heterocycles. The van der Waals surface area contributed by atoms with E-state index >= 15 is 0 Å². The lowest BCUT2D eigenvalue weighted by Gasteiger charge is -2.03. The number of carbonyl (C=O) groups excluding carboxylic acids is 2. The summed E-state index contributed by atoms with van der Waals surface area (Å²) in [5, 5.41) is 9.21. The van der Waals surface area contributed by atoms with Gasteiger partial charge in [-0.2, -0.15) is 5.10 Å². The van der Waals surface area contributed by atoms with Crippen LogP contribution in [-0.4, -0.2) is 34.5 Å². The molecular formula is C21H17N5O2S. The van der Waals surface area contributed by atoms with E-state index in [-0.39, 0.29) is 12.2 Å². The number of amides is 2. The lowest BCUT2D eigenvalue weighted by atomic mass is 10.1. The summed E-state index contributed by atoms with van der Waals surface area (Å²) in [6, 6.07) is 17.8. The van der Waals surface area contributed by atoms with Gasteiger partial charge in [-0.3, -0.25) is 9.59 Å². The van der Waals surface area contributed by atoms with E-state index in [0.717, 1.165) is 27.7 Å². The molecule has 0 radical (unpaired) electrons. The molecule has 2 amide bonds. The predicted octanol–water partition coefficient (Wildman–Crippen LogP) is 3.17. The molecule has 0 aliphatic rings. The van der Waals surface area contributed by atoms with Crippen molar-refractivity contribution >= 4 is 40.3 Å². The fourth-order valence-corrected chi connectivity index (χ4v) is 3.45. The molecule has 0 aliphatic heterocycles. The third kappa shape index (κ3) is 4.22. The van der Waals surface area contributed by atoms with Crippen molar-refractivity contribution in [3.8, 4) is 11.3 Å². The lowest BCUT2D eigenvalue weighted by Crippen LogP contribution is -2.35. The molecule has 2 aromatic carbocycles. The monoisotopic (exact) mass is 403 g/mol. The Hall–Kier alpha value is -3.78. The number of nitrogens with one attached hydrogen (secondary N) is 3. The minimum absolute atomic E-state index is 0.187. The van der Waals surface area contributed by atoms with Crippen molar-refractivity contribution in [2.45, 2.75) is 0 Å². The van der Waals surface area contributed by atoms with Crippen molar-refractivity contribution in [3.05, 3.63) is 76.7 Å². The van der Waals surface area contributed by atoms with E-state index in [1.807, 2.05) is 54.6 Å². The molecule has 0 aliphatic carbocycles. The number of carbonyl (C=O) groups is 2. The summed E-state index contributed by atoms with van der Waals surface area (Å²) in [6.45, 7) is -0.187. The second-order valence-corrected chi connectivity index (χ2v) is 6.89. The maximum Gasteiger partial charge on any atom is 0.271 e. The van der Waals surface area contributed by atoms with Crippen molar-refractivity contribution in [2.75, 3.05) is 6.54 Å². The molecule has 0 fully saturated rings. The number of hydrazone groups is 1. The number of aromatic nitrogens is 2. The molecule has 29 heavy (non-hydrogen) atoms. The molecular weight excluding hydrogens is 386 g/mol. The van der Waals surface area contributed by atoms with Gasteiger partial charge in [-0.15, -0.1) is 11.3 Å². The van der Waals surface area contributed by atoms with Gasteiger partial charge in [0.05, 0.1) is 24.0 Å². The molecule has 4 aromatic rings. The first kappa shape index (κ1) is 18.6. The summed E-state index contributed by atoms with van der Waals surface area (Å²) in [5.74, 6) is -0.820. The van der Waals surface area contributed by atoms with E-state index in [4.69, 9.17) is 0 Å². The van der Waals surface area contributed by atoms with Gasteiger partial charge in [0, 0.05) is 21.8 Å². The Kier molecular flexibility index (Phi) is 5.44. The fourth-order valence-electron chi connectivity index (χ4n) is 2.91. The minimum atomic E-state index is -0.425. The number of nitrogens with zero attached hydrogens (tertiary/aromatic N) is 2. The van der Waals surface area contributed by atoms with Gasteiger partial charge in [-0.1, -0.05) is 48.5 Å². The smallest absolute Gasteiger partial charge is 0.271 e. The van der Waals surface area contributed by atoms with Gasteiger partial charge < -0.3 is 10.3 Å². The van der Waals surface area contributed by atoms with E-state index in [1.54, 1.807) is 17.1 Å². The number of para-hydroxylation sites is 1. The predicted molar refractivity (Wildman–Crippen MR) is 114 cm³/mol. The number of thiazole rings is 1. The molecule has 0 saturated carbocycles. The molecule has 3 N–H and O–H groups in total. The standard InChI is InChI=1S/C21H17N5O2S/c27-19(11-22-21(28)18-12-29-13-23-18)26-24-10-16-15-8-4-5-9-17(15)25-20(16)14-6-2-1-3-7-14/h1-10,12-13,25H,11H2,(H,22,28)(H,26,27)/b24-10+. The number of fused-ring (bicyclic) bond motifs is 1. The topological polar surface area (TPSA) is 99.2 Å². The summed E-state index contributed by atoms with van der Waals surface area (Å²) in [7, 11) is 0. The largest absolute Gasteiger partial charge is 0.354 e. The van der Waals surface area contributed by atoms with Gasteiger partial charge in [0.25, 0.3) is 11.8 Å². The van der Waals surface area contributed by atoms with Crippen LogP contribution in [0.5, 0.6) is 0 Å². The second kappa shape index (κ2) is 8.49. The summed E-state index contributed by atoms with van der Waals surface area (Å²) in [5.41, 5.74) is 8.09. The molecule has 7 nitrogen and oxygen atoms in total. The average Bonchev–Trinajstić information content (AvgIpc) is 3.41. The normalized spacial score (nSPS) is 11.0. The van der Waals surface area contributed by atoms with Crippen molar-refractivity contribution in [3.63, 3.8) is 0 Å². The Bertz CT molecular complexity index is 1170. The summed E-state index contributed by atoms with van der Waals surface area (Å²) in [4.78, 5) is 31.1. The van der Waals surface area contributed by atoms with Crippen LogP contribution in [0, 0.1) is 0 Å². The zero-order valence-electron chi connectivity index (χ0n) is 15.3. The van der Waals surface area contributed by atoms with Crippen LogP contribution in [-0.2, 0) is 4.79 Å². The Morgan fingerprint density at radius 3 is 2.69 bits per heavy atom.